The molecule has 0 atom stereocenters. The lowest BCUT2D eigenvalue weighted by molar-refractivity contribution is -0.394. The van der Waals surface area contributed by atoms with Gasteiger partial charge in [0.25, 0.3) is 11.4 Å². The van der Waals surface area contributed by atoms with E-state index < -0.39 is 9.85 Å². The summed E-state index contributed by atoms with van der Waals surface area (Å²) < 4.78 is 4.98. The van der Waals surface area contributed by atoms with E-state index >= 15 is 0 Å². The summed E-state index contributed by atoms with van der Waals surface area (Å²) in [6, 6.07) is 3.37. The number of non-ortho nitro benzene ring substituents is 1. The zero-order valence-corrected chi connectivity index (χ0v) is 9.60. The molecule has 0 spiro atoms. The fourth-order valence-corrected chi connectivity index (χ4v) is 1.20. The van der Waals surface area contributed by atoms with Gasteiger partial charge in [0.2, 0.25) is 0 Å². The number of rotatable bonds is 4. The van der Waals surface area contributed by atoms with Gasteiger partial charge in [-0.25, -0.2) is 0 Å². The van der Waals surface area contributed by atoms with Gasteiger partial charge >= 0.3 is 0 Å². The average Bonchev–Trinajstić information content (AvgIpc) is 2.25. The summed E-state index contributed by atoms with van der Waals surface area (Å²) in [5.74, 6) is 0. The fourth-order valence-electron chi connectivity index (χ4n) is 1.14. The minimum absolute atomic E-state index is 0.0797. The van der Waals surface area contributed by atoms with Crippen molar-refractivity contribution in [2.75, 3.05) is 0 Å². The Morgan fingerprint density at radius 2 is 2.00 bits per heavy atom. The quantitative estimate of drug-likeness (QED) is 0.466. The van der Waals surface area contributed by atoms with E-state index in [0.29, 0.717) is 0 Å². The second kappa shape index (κ2) is 5.30. The highest BCUT2D eigenvalue weighted by Crippen LogP contribution is 2.25. The third kappa shape index (κ3) is 3.45. The Balaban J connectivity index is 3.08. The molecule has 90 valence electrons. The first-order chi connectivity index (χ1) is 7.91. The van der Waals surface area contributed by atoms with E-state index in [9.17, 15) is 20.2 Å². The SMILES string of the molecule is CC(=S)OCc1ccc([N+](=O)[O-])cc1[N+](=O)[O-]. The van der Waals surface area contributed by atoms with Gasteiger partial charge in [0.1, 0.15) is 6.61 Å². The first kappa shape index (κ1) is 13.0. The highest BCUT2D eigenvalue weighted by molar-refractivity contribution is 7.80. The Kier molecular flexibility index (Phi) is 4.05. The number of nitro groups is 2. The number of ether oxygens (including phenoxy) is 1. The molecule has 0 aromatic heterocycles. The van der Waals surface area contributed by atoms with Gasteiger partial charge in [-0.05, 0) is 18.3 Å². The van der Waals surface area contributed by atoms with Crippen LogP contribution >= 0.6 is 12.2 Å². The molecule has 1 aromatic carbocycles. The van der Waals surface area contributed by atoms with Crippen LogP contribution in [0.25, 0.3) is 0 Å². The third-order valence-corrected chi connectivity index (χ3v) is 2.03. The number of hydrogen-bond donors (Lipinski definition) is 0. The van der Waals surface area contributed by atoms with E-state index in [0.717, 1.165) is 6.07 Å². The normalized spacial score (nSPS) is 9.71. The summed E-state index contributed by atoms with van der Waals surface area (Å²) in [6.45, 7) is 1.45. The van der Waals surface area contributed by atoms with Gasteiger partial charge < -0.3 is 4.74 Å². The van der Waals surface area contributed by atoms with Crippen LogP contribution in [0.4, 0.5) is 11.4 Å². The van der Waals surface area contributed by atoms with Crippen LogP contribution < -0.4 is 0 Å². The largest absolute Gasteiger partial charge is 0.482 e. The first-order valence-electron chi connectivity index (χ1n) is 4.47. The highest BCUT2D eigenvalue weighted by Gasteiger charge is 2.19. The molecule has 0 aliphatic carbocycles. The number of hydrogen-bond acceptors (Lipinski definition) is 6. The number of nitro benzene ring substituents is 2. The zero-order valence-electron chi connectivity index (χ0n) is 8.78. The molecule has 0 radical (unpaired) electrons. The van der Waals surface area contributed by atoms with Crippen molar-refractivity contribution in [3.63, 3.8) is 0 Å². The molecule has 1 aromatic rings. The monoisotopic (exact) mass is 256 g/mol. The van der Waals surface area contributed by atoms with Gasteiger partial charge in [-0.15, -0.1) is 0 Å². The molecule has 7 nitrogen and oxygen atoms in total. The van der Waals surface area contributed by atoms with Crippen LogP contribution in [0.15, 0.2) is 18.2 Å². The molecule has 0 saturated heterocycles. The van der Waals surface area contributed by atoms with E-state index in [1.165, 1.54) is 19.1 Å². The van der Waals surface area contributed by atoms with Crippen LogP contribution in [0.1, 0.15) is 12.5 Å². The molecule has 8 heteroatoms. The van der Waals surface area contributed by atoms with E-state index in [2.05, 4.69) is 12.2 Å². The summed E-state index contributed by atoms with van der Waals surface area (Å²) in [5, 5.41) is 21.5. The van der Waals surface area contributed by atoms with E-state index in [1.54, 1.807) is 0 Å². The lowest BCUT2D eigenvalue weighted by atomic mass is 10.1. The van der Waals surface area contributed by atoms with Crippen LogP contribution in [0.5, 0.6) is 0 Å². The summed E-state index contributed by atoms with van der Waals surface area (Å²) in [7, 11) is 0. The molecule has 0 unspecified atom stereocenters. The molecule has 17 heavy (non-hydrogen) atoms. The van der Waals surface area contributed by atoms with Crippen molar-refractivity contribution >= 4 is 28.6 Å². The number of benzene rings is 1. The van der Waals surface area contributed by atoms with Gasteiger partial charge in [0, 0.05) is 13.0 Å². The molecule has 0 bridgehead atoms. The lowest BCUT2D eigenvalue weighted by Crippen LogP contribution is -2.02. The van der Waals surface area contributed by atoms with Crippen LogP contribution in [0.3, 0.4) is 0 Å². The number of nitrogens with zero attached hydrogens (tertiary/aromatic N) is 2. The predicted octanol–water partition coefficient (Wildman–Crippen LogP) is 2.37. The van der Waals surface area contributed by atoms with Gasteiger partial charge in [-0.3, -0.25) is 20.2 Å². The van der Waals surface area contributed by atoms with Gasteiger partial charge in [-0.2, -0.15) is 0 Å². The van der Waals surface area contributed by atoms with Crippen molar-refractivity contribution < 1.29 is 14.6 Å². The Hall–Kier alpha value is -2.09. The number of thiocarbonyl (C=S) groups is 1. The zero-order chi connectivity index (χ0) is 13.0. The molecule has 0 saturated carbocycles. The summed E-state index contributed by atoms with van der Waals surface area (Å²) >= 11 is 4.67. The Morgan fingerprint density at radius 1 is 1.35 bits per heavy atom. The maximum atomic E-state index is 10.7. The minimum atomic E-state index is -0.692. The van der Waals surface area contributed by atoms with Crippen molar-refractivity contribution in [3.05, 3.63) is 44.0 Å². The summed E-state index contributed by atoms with van der Waals surface area (Å²) in [6.07, 6.45) is 0. The topological polar surface area (TPSA) is 95.5 Å². The molecule has 0 aliphatic heterocycles. The van der Waals surface area contributed by atoms with Crippen LogP contribution in [0, 0.1) is 20.2 Å². The fraction of sp³-hybridized carbons (Fsp3) is 0.222. The van der Waals surface area contributed by atoms with E-state index in [-0.39, 0.29) is 28.6 Å². The summed E-state index contributed by atoms with van der Waals surface area (Å²) in [4.78, 5) is 19.8. The second-order valence-electron chi connectivity index (χ2n) is 3.11. The smallest absolute Gasteiger partial charge is 0.282 e. The Morgan fingerprint density at radius 3 is 2.47 bits per heavy atom. The van der Waals surface area contributed by atoms with Crippen LogP contribution in [0.2, 0.25) is 0 Å². The molecule has 0 N–H and O–H groups in total. The van der Waals surface area contributed by atoms with Crippen molar-refractivity contribution in [1.82, 2.24) is 0 Å². The van der Waals surface area contributed by atoms with Crippen molar-refractivity contribution in [3.8, 4) is 0 Å². The molecule has 1 rings (SSSR count). The maximum Gasteiger partial charge on any atom is 0.282 e. The van der Waals surface area contributed by atoms with Crippen molar-refractivity contribution in [2.24, 2.45) is 0 Å². The van der Waals surface area contributed by atoms with Crippen molar-refractivity contribution in [2.45, 2.75) is 13.5 Å². The third-order valence-electron chi connectivity index (χ3n) is 1.91. The van der Waals surface area contributed by atoms with Crippen molar-refractivity contribution in [1.29, 1.82) is 0 Å². The van der Waals surface area contributed by atoms with E-state index in [1.807, 2.05) is 0 Å². The standard InChI is InChI=1S/C9H8N2O5S/c1-6(17)16-5-7-2-3-8(10(12)13)4-9(7)11(14)15/h2-4H,5H2,1H3. The maximum absolute atomic E-state index is 10.7. The highest BCUT2D eigenvalue weighted by atomic mass is 32.1. The average molecular weight is 256 g/mol. The Labute approximate surface area is 101 Å². The van der Waals surface area contributed by atoms with Gasteiger partial charge in [-0.1, -0.05) is 0 Å². The molecule has 0 fully saturated rings. The van der Waals surface area contributed by atoms with Crippen LogP contribution in [-0.2, 0) is 11.3 Å². The molecule has 0 amide bonds. The molecular weight excluding hydrogens is 248 g/mol. The minimum Gasteiger partial charge on any atom is -0.482 e. The molecular formula is C9H8N2O5S. The summed E-state index contributed by atoms with van der Waals surface area (Å²) in [5.41, 5.74) is -0.445. The first-order valence-corrected chi connectivity index (χ1v) is 4.87. The Bertz CT molecular complexity index is 488. The lowest BCUT2D eigenvalue weighted by Gasteiger charge is -2.04. The second-order valence-corrected chi connectivity index (χ2v) is 3.68. The molecule has 0 aliphatic rings. The van der Waals surface area contributed by atoms with Crippen LogP contribution in [-0.4, -0.2) is 14.9 Å². The molecule has 0 heterocycles. The van der Waals surface area contributed by atoms with Gasteiger partial charge in [0.15, 0.2) is 5.05 Å². The van der Waals surface area contributed by atoms with Gasteiger partial charge in [0.05, 0.1) is 21.5 Å². The predicted molar refractivity (Wildman–Crippen MR) is 62.8 cm³/mol. The van der Waals surface area contributed by atoms with E-state index in [4.69, 9.17) is 4.74 Å².